The van der Waals surface area contributed by atoms with Gasteiger partial charge in [-0.3, -0.25) is 9.80 Å². The highest BCUT2D eigenvalue weighted by Crippen LogP contribution is 2.57. The van der Waals surface area contributed by atoms with Gasteiger partial charge in [-0.15, -0.1) is 0 Å². The van der Waals surface area contributed by atoms with Crippen LogP contribution in [0.15, 0.2) is 12.5 Å². The van der Waals surface area contributed by atoms with Gasteiger partial charge in [0.25, 0.3) is 5.91 Å². The fourth-order valence-corrected chi connectivity index (χ4v) is 7.07. The molecule has 2 N–H and O–H groups in total. The molecule has 7 heteroatoms. The van der Waals surface area contributed by atoms with E-state index in [-0.39, 0.29) is 18.1 Å². The van der Waals surface area contributed by atoms with Crippen LogP contribution in [0.5, 0.6) is 0 Å². The standard InChI is InChI=1S/C23H32N4O3/c28-22(18-12-24-13-25-20(18)19-5-2-6-30-19)27(26-17-3-1-4-17)21-15-7-14-8-16(21)11-23(29,9-14)10-15/h12-17,19,21,26,29H,1-11H2/t14?,15?,16?,19-,21?,23?/m1/s1. The Labute approximate surface area is 177 Å². The zero-order valence-corrected chi connectivity index (χ0v) is 17.5. The van der Waals surface area contributed by atoms with Gasteiger partial charge in [0, 0.05) is 18.8 Å². The number of carbonyl (C=O) groups is 1. The first-order chi connectivity index (χ1) is 14.6. The molecule has 0 spiro atoms. The molecule has 1 aliphatic heterocycles. The second kappa shape index (κ2) is 7.24. The van der Waals surface area contributed by atoms with E-state index in [0.29, 0.717) is 29.4 Å². The maximum Gasteiger partial charge on any atom is 0.271 e. The number of rotatable bonds is 5. The number of ether oxygens (including phenoxy) is 1. The summed E-state index contributed by atoms with van der Waals surface area (Å²) in [5.74, 6) is 1.34. The molecule has 30 heavy (non-hydrogen) atoms. The molecule has 5 aliphatic carbocycles. The number of nitrogens with zero attached hydrogens (tertiary/aromatic N) is 3. The van der Waals surface area contributed by atoms with Crippen LogP contribution in [-0.4, -0.2) is 50.3 Å². The van der Waals surface area contributed by atoms with E-state index in [4.69, 9.17) is 4.74 Å². The Morgan fingerprint density at radius 1 is 1.17 bits per heavy atom. The quantitative estimate of drug-likeness (QED) is 0.723. The van der Waals surface area contributed by atoms with Gasteiger partial charge in [-0.25, -0.2) is 15.4 Å². The first-order valence-electron chi connectivity index (χ1n) is 11.8. The molecule has 2 heterocycles. The summed E-state index contributed by atoms with van der Waals surface area (Å²) in [5, 5.41) is 13.0. The van der Waals surface area contributed by atoms with Gasteiger partial charge < -0.3 is 9.84 Å². The summed E-state index contributed by atoms with van der Waals surface area (Å²) in [6.07, 6.45) is 13.3. The molecule has 1 aromatic heterocycles. The third kappa shape index (κ3) is 3.17. The summed E-state index contributed by atoms with van der Waals surface area (Å²) in [4.78, 5) is 22.6. The number of hydrogen-bond donors (Lipinski definition) is 2. The summed E-state index contributed by atoms with van der Waals surface area (Å²) >= 11 is 0. The SMILES string of the molecule is O=C(c1cncnc1[C@H]1CCCO1)N(NC1CCC1)C1C2CC3CC1CC(O)(C3)C2. The van der Waals surface area contributed by atoms with E-state index in [1.165, 1.54) is 12.7 Å². The summed E-state index contributed by atoms with van der Waals surface area (Å²) in [6.45, 7) is 0.721. The Kier molecular flexibility index (Phi) is 4.62. The van der Waals surface area contributed by atoms with Gasteiger partial charge >= 0.3 is 0 Å². The van der Waals surface area contributed by atoms with Crippen molar-refractivity contribution < 1.29 is 14.6 Å². The van der Waals surface area contributed by atoms with Crippen molar-refractivity contribution in [3.8, 4) is 0 Å². The molecule has 7 nitrogen and oxygen atoms in total. The van der Waals surface area contributed by atoms with Crippen LogP contribution in [0.4, 0.5) is 0 Å². The minimum atomic E-state index is -0.503. The highest BCUT2D eigenvalue weighted by atomic mass is 16.5. The first kappa shape index (κ1) is 19.1. The van der Waals surface area contributed by atoms with E-state index in [1.54, 1.807) is 6.20 Å². The van der Waals surface area contributed by atoms with Crippen molar-refractivity contribution in [1.29, 1.82) is 0 Å². The largest absolute Gasteiger partial charge is 0.390 e. The molecule has 0 radical (unpaired) electrons. The average molecular weight is 413 g/mol. The molecule has 7 rings (SSSR count). The third-order valence-corrected chi connectivity index (χ3v) is 8.34. The molecule has 4 bridgehead atoms. The van der Waals surface area contributed by atoms with Crippen molar-refractivity contribution in [1.82, 2.24) is 20.4 Å². The molecule has 3 atom stereocenters. The monoisotopic (exact) mass is 412 g/mol. The Hall–Kier alpha value is -1.57. The van der Waals surface area contributed by atoms with Crippen LogP contribution in [-0.2, 0) is 4.74 Å². The number of amides is 1. The zero-order valence-electron chi connectivity index (χ0n) is 17.5. The fraction of sp³-hybridized carbons (Fsp3) is 0.783. The summed E-state index contributed by atoms with van der Waals surface area (Å²) in [5.41, 5.74) is 4.42. The molecular formula is C23H32N4O3. The first-order valence-corrected chi connectivity index (χ1v) is 11.8. The predicted molar refractivity (Wildman–Crippen MR) is 109 cm³/mol. The number of aromatic nitrogens is 2. The molecule has 6 fully saturated rings. The molecule has 1 saturated heterocycles. The zero-order chi connectivity index (χ0) is 20.3. The van der Waals surface area contributed by atoms with Crippen molar-refractivity contribution in [3.63, 3.8) is 0 Å². The van der Waals surface area contributed by atoms with E-state index < -0.39 is 5.60 Å². The van der Waals surface area contributed by atoms with Gasteiger partial charge in [0.05, 0.1) is 22.9 Å². The van der Waals surface area contributed by atoms with Gasteiger partial charge in [0.1, 0.15) is 12.4 Å². The Morgan fingerprint density at radius 2 is 1.97 bits per heavy atom. The van der Waals surface area contributed by atoms with Gasteiger partial charge in [-0.05, 0) is 75.5 Å². The van der Waals surface area contributed by atoms with Crippen LogP contribution in [0.25, 0.3) is 0 Å². The van der Waals surface area contributed by atoms with Crippen molar-refractivity contribution in [2.75, 3.05) is 6.61 Å². The molecule has 2 unspecified atom stereocenters. The normalized spacial score (nSPS) is 39.8. The lowest BCUT2D eigenvalue weighted by Crippen LogP contribution is -2.66. The average Bonchev–Trinajstić information content (AvgIpc) is 3.21. The predicted octanol–water partition coefficient (Wildman–Crippen LogP) is 2.77. The fourth-order valence-electron chi connectivity index (χ4n) is 7.07. The lowest BCUT2D eigenvalue weighted by molar-refractivity contribution is -0.161. The molecule has 1 aromatic rings. The number of nitrogens with one attached hydrogen (secondary N) is 1. The number of carbonyl (C=O) groups excluding carboxylic acids is 1. The number of aliphatic hydroxyl groups is 1. The van der Waals surface area contributed by atoms with Crippen molar-refractivity contribution in [2.24, 2.45) is 17.8 Å². The molecule has 1 amide bonds. The van der Waals surface area contributed by atoms with E-state index >= 15 is 0 Å². The van der Waals surface area contributed by atoms with Gasteiger partial charge in [0.15, 0.2) is 0 Å². The van der Waals surface area contributed by atoms with Crippen LogP contribution in [0.3, 0.4) is 0 Å². The Morgan fingerprint density at radius 3 is 2.60 bits per heavy atom. The lowest BCUT2D eigenvalue weighted by Gasteiger charge is -2.60. The molecule has 162 valence electrons. The Bertz CT molecular complexity index is 806. The highest BCUT2D eigenvalue weighted by Gasteiger charge is 2.57. The second-order valence-corrected chi connectivity index (χ2v) is 10.4. The van der Waals surface area contributed by atoms with Crippen LogP contribution in [0, 0.1) is 17.8 Å². The minimum absolute atomic E-state index is 0.0162. The van der Waals surface area contributed by atoms with E-state index in [9.17, 15) is 9.90 Å². The summed E-state index contributed by atoms with van der Waals surface area (Å²) in [7, 11) is 0. The number of hydrazine groups is 1. The maximum atomic E-state index is 14.0. The van der Waals surface area contributed by atoms with Gasteiger partial charge in [-0.1, -0.05) is 6.42 Å². The molecular weight excluding hydrogens is 380 g/mol. The second-order valence-electron chi connectivity index (χ2n) is 10.4. The lowest BCUT2D eigenvalue weighted by atomic mass is 9.52. The summed E-state index contributed by atoms with van der Waals surface area (Å²) in [6, 6.07) is 0.512. The third-order valence-electron chi connectivity index (χ3n) is 8.34. The molecule has 0 aromatic carbocycles. The topological polar surface area (TPSA) is 87.6 Å². The van der Waals surface area contributed by atoms with Gasteiger partial charge in [-0.2, -0.15) is 0 Å². The van der Waals surface area contributed by atoms with Crippen molar-refractivity contribution in [3.05, 3.63) is 23.8 Å². The highest BCUT2D eigenvalue weighted by molar-refractivity contribution is 5.95. The van der Waals surface area contributed by atoms with Crippen LogP contribution in [0.1, 0.15) is 86.4 Å². The van der Waals surface area contributed by atoms with Gasteiger partial charge in [0.2, 0.25) is 0 Å². The van der Waals surface area contributed by atoms with E-state index in [0.717, 1.165) is 70.1 Å². The van der Waals surface area contributed by atoms with E-state index in [2.05, 4.69) is 15.4 Å². The molecule has 6 aliphatic rings. The minimum Gasteiger partial charge on any atom is -0.390 e. The van der Waals surface area contributed by atoms with Crippen molar-refractivity contribution in [2.45, 2.75) is 88.0 Å². The van der Waals surface area contributed by atoms with Crippen LogP contribution >= 0.6 is 0 Å². The summed E-state index contributed by atoms with van der Waals surface area (Å²) < 4.78 is 5.86. The number of hydrogen-bond acceptors (Lipinski definition) is 6. The van der Waals surface area contributed by atoms with Crippen molar-refractivity contribution >= 4 is 5.91 Å². The van der Waals surface area contributed by atoms with E-state index in [1.807, 2.05) is 5.01 Å². The Balaban J connectivity index is 1.33. The van der Waals surface area contributed by atoms with Crippen LogP contribution in [0.2, 0.25) is 0 Å². The van der Waals surface area contributed by atoms with Crippen LogP contribution < -0.4 is 5.43 Å². The maximum absolute atomic E-state index is 14.0. The smallest absolute Gasteiger partial charge is 0.271 e. The molecule has 5 saturated carbocycles.